The van der Waals surface area contributed by atoms with Crippen molar-refractivity contribution in [3.63, 3.8) is 0 Å². The minimum atomic E-state index is -3.14. The fraction of sp³-hybridized carbons (Fsp3) is 0.938. The maximum Gasteiger partial charge on any atom is 0.223 e. The summed E-state index contributed by atoms with van der Waals surface area (Å²) in [5.74, 6) is -0.0342. The molecule has 2 rings (SSSR count). The molecule has 0 aromatic carbocycles. The molecule has 1 aliphatic carbocycles. The molecular formula is C16H30N2O4S. The molecule has 2 fully saturated rings. The summed E-state index contributed by atoms with van der Waals surface area (Å²) >= 11 is 0. The Hall–Kier alpha value is -0.660. The van der Waals surface area contributed by atoms with E-state index in [2.05, 4.69) is 19.2 Å². The molecule has 2 aliphatic rings. The molecule has 23 heavy (non-hydrogen) atoms. The molecule has 1 aliphatic heterocycles. The molecule has 1 saturated heterocycles. The molecule has 2 atom stereocenters. The van der Waals surface area contributed by atoms with E-state index in [1.807, 2.05) is 13.8 Å². The fourth-order valence-corrected chi connectivity index (χ4v) is 4.30. The van der Waals surface area contributed by atoms with Crippen LogP contribution in [0.15, 0.2) is 0 Å². The second-order valence-corrected chi connectivity index (χ2v) is 9.71. The number of hydrogen-bond donors (Lipinski definition) is 1. The number of rotatable bonds is 5. The van der Waals surface area contributed by atoms with Crippen molar-refractivity contribution in [3.05, 3.63) is 0 Å². The summed E-state index contributed by atoms with van der Waals surface area (Å²) in [5, 5.41) is 3.15. The quantitative estimate of drug-likeness (QED) is 0.816. The summed E-state index contributed by atoms with van der Waals surface area (Å²) in [6.45, 7) is 9.17. The molecule has 134 valence electrons. The van der Waals surface area contributed by atoms with Crippen LogP contribution in [0.4, 0.5) is 0 Å². The molecule has 0 radical (unpaired) electrons. The average Bonchev–Trinajstić information content (AvgIpc) is 2.45. The number of amides is 1. The molecule has 1 saturated carbocycles. The molecule has 1 N–H and O–H groups in total. The summed E-state index contributed by atoms with van der Waals surface area (Å²) in [5.41, 5.74) is -0.0621. The van der Waals surface area contributed by atoms with E-state index < -0.39 is 10.0 Å². The van der Waals surface area contributed by atoms with Gasteiger partial charge in [-0.2, -0.15) is 0 Å². The first-order valence-electron chi connectivity index (χ1n) is 8.42. The number of piperidine rings is 1. The van der Waals surface area contributed by atoms with E-state index in [0.717, 1.165) is 6.42 Å². The van der Waals surface area contributed by atoms with Gasteiger partial charge in [0.1, 0.15) is 0 Å². The first kappa shape index (κ1) is 18.7. The zero-order valence-corrected chi connectivity index (χ0v) is 15.6. The second-order valence-electron chi connectivity index (χ2n) is 7.73. The topological polar surface area (TPSA) is 75.7 Å². The number of nitrogens with zero attached hydrogens (tertiary/aromatic N) is 1. The van der Waals surface area contributed by atoms with Gasteiger partial charge < -0.3 is 10.1 Å². The van der Waals surface area contributed by atoms with Gasteiger partial charge in [0.2, 0.25) is 15.9 Å². The van der Waals surface area contributed by atoms with Gasteiger partial charge in [0.25, 0.3) is 0 Å². The van der Waals surface area contributed by atoms with Crippen molar-refractivity contribution in [3.8, 4) is 0 Å². The smallest absolute Gasteiger partial charge is 0.223 e. The lowest BCUT2D eigenvalue weighted by molar-refractivity contribution is -0.150. The maximum atomic E-state index is 12.5. The van der Waals surface area contributed by atoms with Gasteiger partial charge in [-0.05, 0) is 33.1 Å². The molecule has 1 amide bonds. The summed E-state index contributed by atoms with van der Waals surface area (Å²) < 4.78 is 30.4. The van der Waals surface area contributed by atoms with Crippen molar-refractivity contribution in [1.29, 1.82) is 0 Å². The molecule has 7 heteroatoms. The minimum absolute atomic E-state index is 0.0548. The van der Waals surface area contributed by atoms with Crippen molar-refractivity contribution in [2.45, 2.75) is 65.2 Å². The Morgan fingerprint density at radius 1 is 1.26 bits per heavy atom. The molecule has 0 aromatic rings. The summed E-state index contributed by atoms with van der Waals surface area (Å²) in [6, 6.07) is 0.131. The van der Waals surface area contributed by atoms with Gasteiger partial charge in [-0.25, -0.2) is 12.7 Å². The van der Waals surface area contributed by atoms with E-state index in [4.69, 9.17) is 4.74 Å². The molecule has 0 aromatic heterocycles. The van der Waals surface area contributed by atoms with Crippen LogP contribution in [-0.2, 0) is 19.6 Å². The minimum Gasteiger partial charge on any atom is -0.375 e. The predicted molar refractivity (Wildman–Crippen MR) is 89.5 cm³/mol. The number of hydrogen-bond acceptors (Lipinski definition) is 4. The van der Waals surface area contributed by atoms with Gasteiger partial charge in [-0.1, -0.05) is 13.8 Å². The molecule has 1 heterocycles. The van der Waals surface area contributed by atoms with Crippen LogP contribution in [0.2, 0.25) is 0 Å². The Balaban J connectivity index is 1.83. The molecule has 0 spiro atoms. The lowest BCUT2D eigenvalue weighted by Crippen LogP contribution is -2.63. The Labute approximate surface area is 140 Å². The van der Waals surface area contributed by atoms with Crippen LogP contribution in [0.25, 0.3) is 0 Å². The zero-order valence-electron chi connectivity index (χ0n) is 14.8. The highest BCUT2D eigenvalue weighted by Gasteiger charge is 2.50. The van der Waals surface area contributed by atoms with Crippen LogP contribution in [0, 0.1) is 11.3 Å². The van der Waals surface area contributed by atoms with E-state index >= 15 is 0 Å². The third-order valence-electron chi connectivity index (χ3n) is 5.22. The van der Waals surface area contributed by atoms with Crippen LogP contribution < -0.4 is 5.32 Å². The van der Waals surface area contributed by atoms with Crippen molar-refractivity contribution >= 4 is 15.9 Å². The number of ether oxygens (including phenoxy) is 1. The fourth-order valence-electron chi connectivity index (χ4n) is 3.43. The van der Waals surface area contributed by atoms with Gasteiger partial charge in [0.05, 0.1) is 18.5 Å². The van der Waals surface area contributed by atoms with Crippen molar-refractivity contribution in [2.24, 2.45) is 11.3 Å². The van der Waals surface area contributed by atoms with Crippen LogP contribution in [0.1, 0.15) is 47.0 Å². The Bertz CT molecular complexity index is 536. The zero-order chi connectivity index (χ0) is 17.4. The summed E-state index contributed by atoms with van der Waals surface area (Å²) in [4.78, 5) is 12.5. The third-order valence-corrected chi connectivity index (χ3v) is 6.53. The SMILES string of the molecule is CC(C)O[C@H]1C[C@@H](NC(=O)C2CCN(S(C)(=O)=O)CC2)C1(C)C. The Kier molecular flexibility index (Phi) is 5.43. The first-order chi connectivity index (χ1) is 10.5. The normalized spacial score (nSPS) is 29.3. The van der Waals surface area contributed by atoms with Gasteiger partial charge in [-0.15, -0.1) is 0 Å². The highest BCUT2D eigenvalue weighted by Crippen LogP contribution is 2.43. The monoisotopic (exact) mass is 346 g/mol. The van der Waals surface area contributed by atoms with E-state index in [-0.39, 0.29) is 35.5 Å². The standard InChI is InChI=1S/C16H30N2O4S/c1-11(2)22-14-10-13(16(14,3)4)17-15(19)12-6-8-18(9-7-12)23(5,20)21/h11-14H,6-10H2,1-5H3,(H,17,19)/t13-,14+/m1/s1. The van der Waals surface area contributed by atoms with Crippen LogP contribution in [0.5, 0.6) is 0 Å². The van der Waals surface area contributed by atoms with Crippen molar-refractivity contribution in [2.75, 3.05) is 19.3 Å². The van der Waals surface area contributed by atoms with E-state index in [0.29, 0.717) is 25.9 Å². The number of carbonyl (C=O) groups excluding carboxylic acids is 1. The molecule has 0 unspecified atom stereocenters. The Morgan fingerprint density at radius 2 is 1.83 bits per heavy atom. The number of nitrogens with one attached hydrogen (secondary N) is 1. The largest absolute Gasteiger partial charge is 0.375 e. The van der Waals surface area contributed by atoms with Gasteiger partial charge in [0.15, 0.2) is 0 Å². The van der Waals surface area contributed by atoms with Crippen molar-refractivity contribution in [1.82, 2.24) is 9.62 Å². The molecule has 0 bridgehead atoms. The Morgan fingerprint density at radius 3 is 2.26 bits per heavy atom. The van der Waals surface area contributed by atoms with Gasteiger partial charge in [-0.3, -0.25) is 4.79 Å². The maximum absolute atomic E-state index is 12.5. The summed E-state index contributed by atoms with van der Waals surface area (Å²) in [6.07, 6.45) is 3.63. The predicted octanol–water partition coefficient (Wildman–Crippen LogP) is 1.37. The van der Waals surface area contributed by atoms with Crippen LogP contribution >= 0.6 is 0 Å². The summed E-state index contributed by atoms with van der Waals surface area (Å²) in [7, 11) is -3.14. The van der Waals surface area contributed by atoms with E-state index in [9.17, 15) is 13.2 Å². The number of carbonyl (C=O) groups is 1. The first-order valence-corrected chi connectivity index (χ1v) is 10.3. The van der Waals surface area contributed by atoms with Crippen LogP contribution in [0.3, 0.4) is 0 Å². The third kappa shape index (κ3) is 4.25. The van der Waals surface area contributed by atoms with Crippen LogP contribution in [-0.4, -0.2) is 56.2 Å². The van der Waals surface area contributed by atoms with Gasteiger partial charge >= 0.3 is 0 Å². The average molecular weight is 346 g/mol. The van der Waals surface area contributed by atoms with Gasteiger partial charge in [0, 0.05) is 30.5 Å². The lowest BCUT2D eigenvalue weighted by atomic mass is 9.64. The lowest BCUT2D eigenvalue weighted by Gasteiger charge is -2.52. The molecular weight excluding hydrogens is 316 g/mol. The van der Waals surface area contributed by atoms with E-state index in [1.54, 1.807) is 0 Å². The highest BCUT2D eigenvalue weighted by molar-refractivity contribution is 7.88. The highest BCUT2D eigenvalue weighted by atomic mass is 32.2. The van der Waals surface area contributed by atoms with Crippen molar-refractivity contribution < 1.29 is 17.9 Å². The number of sulfonamides is 1. The van der Waals surface area contributed by atoms with E-state index in [1.165, 1.54) is 10.6 Å². The second kappa shape index (κ2) is 6.69. The molecule has 6 nitrogen and oxygen atoms in total.